The summed E-state index contributed by atoms with van der Waals surface area (Å²) in [5.41, 5.74) is -0.343. The lowest BCUT2D eigenvalue weighted by Crippen LogP contribution is -2.41. The van der Waals surface area contributed by atoms with Gasteiger partial charge >= 0.3 is 5.97 Å². The maximum Gasteiger partial charge on any atom is 0.326 e. The number of hydrogen-bond acceptors (Lipinski definition) is 5. The number of hydrogen-bond donors (Lipinski definition) is 2. The van der Waals surface area contributed by atoms with E-state index in [-0.39, 0.29) is 18.6 Å². The van der Waals surface area contributed by atoms with Crippen LogP contribution in [0.15, 0.2) is 11.4 Å². The molecule has 1 atom stereocenters. The third-order valence-corrected chi connectivity index (χ3v) is 3.49. The molecular weight excluding hydrogens is 294 g/mol. The molecule has 2 N–H and O–H groups in total. The molecule has 0 aliphatic heterocycles. The molecule has 1 aromatic heterocycles. The van der Waals surface area contributed by atoms with Crippen molar-refractivity contribution in [2.45, 2.75) is 38.8 Å². The fraction of sp³-hybridized carbons (Fsp3) is 0.571. The van der Waals surface area contributed by atoms with Gasteiger partial charge in [0.1, 0.15) is 16.7 Å². The first-order chi connectivity index (χ1) is 9.74. The van der Waals surface area contributed by atoms with Crippen LogP contribution in [-0.2, 0) is 9.53 Å². The van der Waals surface area contributed by atoms with Gasteiger partial charge in [-0.25, -0.2) is 4.79 Å². The molecule has 6 nitrogen and oxygen atoms in total. The largest absolute Gasteiger partial charge is 0.495 e. The number of methoxy groups -OCH3 is 1. The van der Waals surface area contributed by atoms with E-state index in [1.54, 1.807) is 11.4 Å². The van der Waals surface area contributed by atoms with Gasteiger partial charge in [0.05, 0.1) is 12.7 Å². The average Bonchev–Trinajstić information content (AvgIpc) is 2.84. The Morgan fingerprint density at radius 3 is 2.62 bits per heavy atom. The molecule has 0 radical (unpaired) electrons. The van der Waals surface area contributed by atoms with Gasteiger partial charge in [-0.2, -0.15) is 0 Å². The number of rotatable bonds is 7. The smallest absolute Gasteiger partial charge is 0.326 e. The third kappa shape index (κ3) is 5.73. The number of carboxylic acid groups (broad SMARTS) is 1. The molecule has 1 rings (SSSR count). The average molecular weight is 315 g/mol. The van der Waals surface area contributed by atoms with Crippen LogP contribution in [0.4, 0.5) is 0 Å². The molecule has 0 fully saturated rings. The fourth-order valence-corrected chi connectivity index (χ4v) is 2.35. The second kappa shape index (κ2) is 7.42. The highest BCUT2D eigenvalue weighted by Gasteiger charge is 2.23. The summed E-state index contributed by atoms with van der Waals surface area (Å²) in [4.78, 5) is 23.7. The van der Waals surface area contributed by atoms with E-state index in [1.807, 2.05) is 20.8 Å². The van der Waals surface area contributed by atoms with E-state index in [0.29, 0.717) is 10.6 Å². The summed E-state index contributed by atoms with van der Waals surface area (Å²) in [6.07, 6.45) is 0.200. The first kappa shape index (κ1) is 17.5. The SMILES string of the molecule is COc1ccsc1C(=O)NC(CCOC(C)(C)C)C(=O)O. The van der Waals surface area contributed by atoms with Crippen LogP contribution in [0.1, 0.15) is 36.9 Å². The van der Waals surface area contributed by atoms with Gasteiger partial charge in [-0.05, 0) is 32.2 Å². The lowest BCUT2D eigenvalue weighted by atomic mass is 10.1. The minimum Gasteiger partial charge on any atom is -0.495 e. The number of ether oxygens (including phenoxy) is 2. The zero-order chi connectivity index (χ0) is 16.0. The summed E-state index contributed by atoms with van der Waals surface area (Å²) in [5.74, 6) is -1.10. The number of carboxylic acids is 1. The summed E-state index contributed by atoms with van der Waals surface area (Å²) < 4.78 is 10.5. The monoisotopic (exact) mass is 315 g/mol. The minimum absolute atomic E-state index is 0.200. The molecule has 21 heavy (non-hydrogen) atoms. The van der Waals surface area contributed by atoms with Crippen molar-refractivity contribution in [1.29, 1.82) is 0 Å². The van der Waals surface area contributed by atoms with E-state index in [0.717, 1.165) is 0 Å². The van der Waals surface area contributed by atoms with Gasteiger partial charge in [0, 0.05) is 13.0 Å². The Bertz CT molecular complexity index is 492. The Balaban J connectivity index is 2.62. The van der Waals surface area contributed by atoms with Crippen LogP contribution in [0.25, 0.3) is 0 Å². The molecule has 0 bridgehead atoms. The van der Waals surface area contributed by atoms with Gasteiger partial charge in [0.25, 0.3) is 5.91 Å². The Morgan fingerprint density at radius 2 is 2.10 bits per heavy atom. The Hall–Kier alpha value is -1.60. The molecule has 1 heterocycles. The first-order valence-electron chi connectivity index (χ1n) is 6.53. The maximum atomic E-state index is 12.1. The van der Waals surface area contributed by atoms with Crippen molar-refractivity contribution in [1.82, 2.24) is 5.32 Å². The fourth-order valence-electron chi connectivity index (χ4n) is 1.59. The lowest BCUT2D eigenvalue weighted by molar-refractivity contribution is -0.140. The van der Waals surface area contributed by atoms with Crippen LogP contribution < -0.4 is 10.1 Å². The predicted octanol–water partition coefficient (Wildman–Crippen LogP) is 2.14. The molecule has 7 heteroatoms. The highest BCUT2D eigenvalue weighted by molar-refractivity contribution is 7.12. The summed E-state index contributed by atoms with van der Waals surface area (Å²) in [6.45, 7) is 5.91. The van der Waals surface area contributed by atoms with Crippen molar-refractivity contribution in [3.05, 3.63) is 16.3 Å². The van der Waals surface area contributed by atoms with Crippen LogP contribution >= 0.6 is 11.3 Å². The number of thiophene rings is 1. The minimum atomic E-state index is -1.09. The van der Waals surface area contributed by atoms with Gasteiger partial charge in [0.2, 0.25) is 0 Å². The number of aliphatic carboxylic acids is 1. The Labute approximate surface area is 128 Å². The second-order valence-electron chi connectivity index (χ2n) is 5.43. The van der Waals surface area contributed by atoms with Crippen molar-refractivity contribution in [3.63, 3.8) is 0 Å². The molecule has 0 saturated carbocycles. The molecule has 0 saturated heterocycles. The molecule has 0 spiro atoms. The Kier molecular flexibility index (Phi) is 6.17. The summed E-state index contributed by atoms with van der Waals surface area (Å²) in [6, 6.07) is 0.671. The van der Waals surface area contributed by atoms with Crippen LogP contribution in [-0.4, -0.2) is 42.3 Å². The number of carbonyl (C=O) groups is 2. The van der Waals surface area contributed by atoms with Crippen molar-refractivity contribution in [2.75, 3.05) is 13.7 Å². The van der Waals surface area contributed by atoms with Crippen LogP contribution in [0.2, 0.25) is 0 Å². The first-order valence-corrected chi connectivity index (χ1v) is 7.41. The van der Waals surface area contributed by atoms with Crippen LogP contribution in [0.5, 0.6) is 5.75 Å². The number of nitrogens with one attached hydrogen (secondary N) is 1. The van der Waals surface area contributed by atoms with Crippen LogP contribution in [0.3, 0.4) is 0 Å². The normalized spacial score (nSPS) is 12.8. The topological polar surface area (TPSA) is 84.9 Å². The van der Waals surface area contributed by atoms with Crippen molar-refractivity contribution < 1.29 is 24.2 Å². The van der Waals surface area contributed by atoms with E-state index in [9.17, 15) is 14.7 Å². The predicted molar refractivity (Wildman–Crippen MR) is 80.1 cm³/mol. The highest BCUT2D eigenvalue weighted by Crippen LogP contribution is 2.24. The van der Waals surface area contributed by atoms with E-state index >= 15 is 0 Å². The summed E-state index contributed by atoms with van der Waals surface area (Å²) >= 11 is 1.20. The molecule has 1 aromatic rings. The van der Waals surface area contributed by atoms with E-state index < -0.39 is 17.9 Å². The van der Waals surface area contributed by atoms with Gasteiger partial charge in [-0.3, -0.25) is 4.79 Å². The van der Waals surface area contributed by atoms with Gasteiger partial charge in [0.15, 0.2) is 0 Å². The van der Waals surface area contributed by atoms with E-state index in [1.165, 1.54) is 18.4 Å². The summed E-state index contributed by atoms with van der Waals surface area (Å²) in [5, 5.41) is 13.4. The molecular formula is C14H21NO5S. The van der Waals surface area contributed by atoms with Crippen molar-refractivity contribution in [2.24, 2.45) is 0 Å². The van der Waals surface area contributed by atoms with E-state index in [4.69, 9.17) is 9.47 Å². The molecule has 118 valence electrons. The van der Waals surface area contributed by atoms with Crippen molar-refractivity contribution >= 4 is 23.2 Å². The second-order valence-corrected chi connectivity index (χ2v) is 6.35. The molecule has 1 amide bonds. The zero-order valence-corrected chi connectivity index (χ0v) is 13.5. The Morgan fingerprint density at radius 1 is 1.43 bits per heavy atom. The van der Waals surface area contributed by atoms with E-state index in [2.05, 4.69) is 5.32 Å². The zero-order valence-electron chi connectivity index (χ0n) is 12.6. The highest BCUT2D eigenvalue weighted by atomic mass is 32.1. The van der Waals surface area contributed by atoms with Crippen LogP contribution in [0, 0.1) is 0 Å². The van der Waals surface area contributed by atoms with Crippen molar-refractivity contribution in [3.8, 4) is 5.75 Å². The molecule has 1 unspecified atom stereocenters. The quantitative estimate of drug-likeness (QED) is 0.805. The standard InChI is InChI=1S/C14H21NO5S/c1-14(2,3)20-7-5-9(13(17)18)15-12(16)11-10(19-4)6-8-21-11/h6,8-9H,5,7H2,1-4H3,(H,15,16)(H,17,18). The third-order valence-electron chi connectivity index (χ3n) is 2.60. The van der Waals surface area contributed by atoms with Gasteiger partial charge in [-0.15, -0.1) is 11.3 Å². The van der Waals surface area contributed by atoms with Gasteiger partial charge < -0.3 is 19.9 Å². The molecule has 0 aliphatic rings. The number of amides is 1. The summed E-state index contributed by atoms with van der Waals surface area (Å²) in [7, 11) is 1.46. The molecule has 0 aromatic carbocycles. The lowest BCUT2D eigenvalue weighted by Gasteiger charge is -2.21. The van der Waals surface area contributed by atoms with Gasteiger partial charge in [-0.1, -0.05) is 0 Å². The maximum absolute atomic E-state index is 12.1. The molecule has 0 aliphatic carbocycles. The number of carbonyl (C=O) groups excluding carboxylic acids is 1.